The van der Waals surface area contributed by atoms with Crippen LogP contribution in [0.25, 0.3) is 22.3 Å². The van der Waals surface area contributed by atoms with Gasteiger partial charge < -0.3 is 10.1 Å². The van der Waals surface area contributed by atoms with E-state index < -0.39 is 5.54 Å². The molecule has 6 nitrogen and oxygen atoms in total. The van der Waals surface area contributed by atoms with Crippen LogP contribution in [-0.4, -0.2) is 27.8 Å². The van der Waals surface area contributed by atoms with Crippen molar-refractivity contribution in [1.82, 2.24) is 14.8 Å². The fourth-order valence-electron chi connectivity index (χ4n) is 5.45. The molecule has 4 aromatic carbocycles. The molecule has 2 heterocycles. The maximum absolute atomic E-state index is 11.8. The number of aromatic nitrogens is 3. The molecular formula is C34H27BrN4O2. The average molecular weight is 604 g/mol. The van der Waals surface area contributed by atoms with Gasteiger partial charge in [0, 0.05) is 18.2 Å². The lowest BCUT2D eigenvalue weighted by atomic mass is 9.77. The van der Waals surface area contributed by atoms with E-state index in [2.05, 4.69) is 98.7 Å². The van der Waals surface area contributed by atoms with Gasteiger partial charge in [0.05, 0.1) is 17.1 Å². The molecule has 41 heavy (non-hydrogen) atoms. The number of methoxy groups -OCH3 is 1. The quantitative estimate of drug-likeness (QED) is 0.190. The summed E-state index contributed by atoms with van der Waals surface area (Å²) in [5.74, 6) is 0.318. The van der Waals surface area contributed by atoms with Crippen molar-refractivity contribution in [2.75, 3.05) is 12.4 Å². The van der Waals surface area contributed by atoms with Crippen molar-refractivity contribution in [1.29, 1.82) is 0 Å². The molecule has 0 aliphatic heterocycles. The van der Waals surface area contributed by atoms with Gasteiger partial charge in [0.1, 0.15) is 16.7 Å². The number of anilines is 1. The van der Waals surface area contributed by atoms with Crippen LogP contribution in [0.2, 0.25) is 0 Å². The van der Waals surface area contributed by atoms with E-state index >= 15 is 0 Å². The van der Waals surface area contributed by atoms with Crippen LogP contribution >= 0.6 is 15.9 Å². The third-order valence-electron chi connectivity index (χ3n) is 7.12. The van der Waals surface area contributed by atoms with Gasteiger partial charge in [0.15, 0.2) is 0 Å². The van der Waals surface area contributed by atoms with Crippen LogP contribution in [-0.2, 0) is 10.3 Å². The highest BCUT2D eigenvalue weighted by atomic mass is 79.9. The first kappa shape index (κ1) is 26.5. The maximum Gasteiger partial charge on any atom is 0.228 e. The number of rotatable bonds is 7. The van der Waals surface area contributed by atoms with Gasteiger partial charge in [-0.05, 0) is 50.8 Å². The van der Waals surface area contributed by atoms with E-state index in [1.165, 1.54) is 6.92 Å². The van der Waals surface area contributed by atoms with Crippen LogP contribution in [0.15, 0.2) is 126 Å². The van der Waals surface area contributed by atoms with E-state index in [1.54, 1.807) is 7.11 Å². The molecule has 7 heteroatoms. The molecule has 0 aliphatic carbocycles. The molecule has 0 atom stereocenters. The lowest BCUT2D eigenvalue weighted by molar-refractivity contribution is -0.114. The average Bonchev–Trinajstić information content (AvgIpc) is 3.37. The van der Waals surface area contributed by atoms with Gasteiger partial charge in [-0.25, -0.2) is 9.67 Å². The summed E-state index contributed by atoms with van der Waals surface area (Å²) in [5, 5.41) is 8.25. The van der Waals surface area contributed by atoms with E-state index in [4.69, 9.17) is 14.8 Å². The Balaban J connectivity index is 1.77. The molecule has 0 aliphatic rings. The number of nitrogens with one attached hydrogen (secondary N) is 1. The third kappa shape index (κ3) is 4.68. The van der Waals surface area contributed by atoms with E-state index in [0.717, 1.165) is 32.2 Å². The smallest absolute Gasteiger partial charge is 0.228 e. The van der Waals surface area contributed by atoms with Crippen molar-refractivity contribution in [2.45, 2.75) is 12.5 Å². The van der Waals surface area contributed by atoms with Gasteiger partial charge in [-0.1, -0.05) is 103 Å². The first-order valence-electron chi connectivity index (χ1n) is 13.2. The molecule has 6 aromatic rings. The zero-order valence-corrected chi connectivity index (χ0v) is 24.2. The molecule has 0 saturated carbocycles. The topological polar surface area (TPSA) is 69.0 Å². The Morgan fingerprint density at radius 2 is 1.37 bits per heavy atom. The monoisotopic (exact) mass is 602 g/mol. The molecule has 0 fully saturated rings. The molecule has 1 amide bonds. The fourth-order valence-corrected chi connectivity index (χ4v) is 5.91. The lowest BCUT2D eigenvalue weighted by Gasteiger charge is -2.37. The summed E-state index contributed by atoms with van der Waals surface area (Å²) in [5.41, 5.74) is 5.97. The number of carbonyl (C=O) groups excluding carboxylic acids is 1. The summed E-state index contributed by atoms with van der Waals surface area (Å²) in [6, 6.07) is 40.9. The molecule has 6 rings (SSSR count). The van der Waals surface area contributed by atoms with Gasteiger partial charge >= 0.3 is 0 Å². The van der Waals surface area contributed by atoms with E-state index in [-0.39, 0.29) is 5.91 Å². The number of hydrogen-bond donors (Lipinski definition) is 1. The van der Waals surface area contributed by atoms with Crippen molar-refractivity contribution in [2.24, 2.45) is 0 Å². The van der Waals surface area contributed by atoms with Gasteiger partial charge in [-0.2, -0.15) is 5.10 Å². The molecule has 0 saturated heterocycles. The number of fused-ring (bicyclic) bond motifs is 1. The minimum atomic E-state index is -0.842. The summed E-state index contributed by atoms with van der Waals surface area (Å²) in [6.45, 7) is 1.49. The highest BCUT2D eigenvalue weighted by Crippen LogP contribution is 2.44. The second kappa shape index (κ2) is 11.0. The number of carbonyl (C=O) groups is 1. The Labute approximate surface area is 246 Å². The highest BCUT2D eigenvalue weighted by Gasteiger charge is 2.41. The molecule has 0 unspecified atom stereocenters. The predicted molar refractivity (Wildman–Crippen MR) is 166 cm³/mol. The SMILES string of the molecule is COc1nc2c(-c3cccc(NC(C)=O)c3)nn(C(c3ccccc3)(c3ccccc3)c3ccccc3)c2cc1Br. The maximum atomic E-state index is 11.8. The second-order valence-corrected chi connectivity index (χ2v) is 10.5. The summed E-state index contributed by atoms with van der Waals surface area (Å²) < 4.78 is 8.40. The van der Waals surface area contributed by atoms with Crippen molar-refractivity contribution < 1.29 is 9.53 Å². The summed E-state index contributed by atoms with van der Waals surface area (Å²) in [4.78, 5) is 16.8. The minimum Gasteiger partial charge on any atom is -0.480 e. The number of nitrogens with zero attached hydrogens (tertiary/aromatic N) is 3. The predicted octanol–water partition coefficient (Wildman–Crippen LogP) is 7.67. The standard InChI is InChI=1S/C34H27BrN4O2/c1-23(40)36-28-20-12-13-24(21-28)31-32-30(22-29(35)33(37-32)41-2)39(38-31)34(25-14-6-3-7-15-25,26-16-8-4-9-17-26)27-18-10-5-11-19-27/h3-22H,1-2H3,(H,36,40). The number of hydrogen-bond acceptors (Lipinski definition) is 4. The summed E-state index contributed by atoms with van der Waals surface area (Å²) in [7, 11) is 1.60. The van der Waals surface area contributed by atoms with Crippen molar-refractivity contribution in [3.05, 3.63) is 142 Å². The van der Waals surface area contributed by atoms with Crippen LogP contribution in [0.3, 0.4) is 0 Å². The molecule has 2 aromatic heterocycles. The Hall–Kier alpha value is -4.75. The molecule has 0 spiro atoms. The zero-order valence-electron chi connectivity index (χ0n) is 22.6. The van der Waals surface area contributed by atoms with Crippen LogP contribution in [0.4, 0.5) is 5.69 Å². The Morgan fingerprint density at radius 3 is 1.88 bits per heavy atom. The molecule has 202 valence electrons. The van der Waals surface area contributed by atoms with Gasteiger partial charge in [0.25, 0.3) is 0 Å². The molecule has 0 radical (unpaired) electrons. The van der Waals surface area contributed by atoms with Crippen molar-refractivity contribution in [3.63, 3.8) is 0 Å². The Morgan fingerprint density at radius 1 is 0.805 bits per heavy atom. The van der Waals surface area contributed by atoms with Crippen LogP contribution < -0.4 is 10.1 Å². The highest BCUT2D eigenvalue weighted by molar-refractivity contribution is 9.10. The normalized spacial score (nSPS) is 11.4. The number of benzene rings is 4. The number of halogens is 1. The van der Waals surface area contributed by atoms with Crippen LogP contribution in [0, 0.1) is 0 Å². The van der Waals surface area contributed by atoms with Crippen molar-refractivity contribution in [3.8, 4) is 17.1 Å². The number of ether oxygens (including phenoxy) is 1. The Kier molecular flexibility index (Phi) is 7.12. The largest absolute Gasteiger partial charge is 0.480 e. The molecular weight excluding hydrogens is 576 g/mol. The van der Waals surface area contributed by atoms with Gasteiger partial charge in [-0.15, -0.1) is 0 Å². The minimum absolute atomic E-state index is 0.141. The fraction of sp³-hybridized carbons (Fsp3) is 0.0882. The molecule has 0 bridgehead atoms. The summed E-state index contributed by atoms with van der Waals surface area (Å²) in [6.07, 6.45) is 0. The first-order valence-corrected chi connectivity index (χ1v) is 14.0. The zero-order chi connectivity index (χ0) is 28.4. The van der Waals surface area contributed by atoms with E-state index in [1.807, 2.05) is 48.5 Å². The van der Waals surface area contributed by atoms with Crippen LogP contribution in [0.1, 0.15) is 23.6 Å². The third-order valence-corrected chi connectivity index (χ3v) is 7.69. The van der Waals surface area contributed by atoms with E-state index in [9.17, 15) is 4.79 Å². The number of pyridine rings is 1. The lowest BCUT2D eigenvalue weighted by Crippen LogP contribution is -2.38. The second-order valence-electron chi connectivity index (χ2n) is 9.68. The molecule has 1 N–H and O–H groups in total. The van der Waals surface area contributed by atoms with Crippen LogP contribution in [0.5, 0.6) is 5.88 Å². The number of amides is 1. The van der Waals surface area contributed by atoms with Gasteiger partial charge in [-0.3, -0.25) is 4.79 Å². The summed E-state index contributed by atoms with van der Waals surface area (Å²) >= 11 is 3.68. The first-order chi connectivity index (χ1) is 20.0. The van der Waals surface area contributed by atoms with Gasteiger partial charge in [0.2, 0.25) is 11.8 Å². The van der Waals surface area contributed by atoms with E-state index in [0.29, 0.717) is 22.8 Å². The van der Waals surface area contributed by atoms with Crippen molar-refractivity contribution >= 4 is 38.6 Å². The Bertz CT molecular complexity index is 1740.